The SMILES string of the molecule is BC.[Co].[Fe]. The van der Waals surface area contributed by atoms with E-state index in [0.717, 1.165) is 0 Å². The van der Waals surface area contributed by atoms with E-state index in [1.165, 1.54) is 0 Å². The van der Waals surface area contributed by atoms with Crippen LogP contribution < -0.4 is 0 Å². The van der Waals surface area contributed by atoms with Gasteiger partial charge in [-0.3, -0.25) is 0 Å². The van der Waals surface area contributed by atoms with Gasteiger partial charge in [-0.05, 0) is 0 Å². The fraction of sp³-hybridized carbons (Fsp3) is 1.00. The van der Waals surface area contributed by atoms with Gasteiger partial charge in [-0.15, -0.1) is 0 Å². The molecule has 0 aliphatic rings. The van der Waals surface area contributed by atoms with Gasteiger partial charge in [0, 0.05) is 33.8 Å². The summed E-state index contributed by atoms with van der Waals surface area (Å²) in [4.78, 5) is 0. The molecule has 0 saturated carbocycles. The number of hydrogen-bond acceptors (Lipinski definition) is 0. The van der Waals surface area contributed by atoms with Gasteiger partial charge in [0.15, 0.2) is 0 Å². The third-order valence-electron chi connectivity index (χ3n) is 0. The molecule has 3 heteroatoms. The maximum Gasteiger partial charge on any atom is 0.0973 e. The summed E-state index contributed by atoms with van der Waals surface area (Å²) in [5.41, 5.74) is 0. The second-order valence-corrected chi connectivity index (χ2v) is 0. The molecule has 0 aromatic heterocycles. The molecule has 0 bridgehead atoms. The van der Waals surface area contributed by atoms with E-state index in [1.54, 1.807) is 0 Å². The van der Waals surface area contributed by atoms with Gasteiger partial charge < -0.3 is 0 Å². The number of rotatable bonds is 0. The van der Waals surface area contributed by atoms with E-state index >= 15 is 0 Å². The predicted molar refractivity (Wildman–Crippen MR) is 14.4 cm³/mol. The molecule has 1 radical (unpaired) electrons. The zero-order chi connectivity index (χ0) is 2.00. The average Bonchev–Trinajstić information content (AvgIpc) is 1.00. The molecule has 0 saturated heterocycles. The van der Waals surface area contributed by atoms with Gasteiger partial charge in [-0.25, -0.2) is 0 Å². The summed E-state index contributed by atoms with van der Waals surface area (Å²) in [6.45, 7) is 2.00. The van der Waals surface area contributed by atoms with Gasteiger partial charge in [0.05, 0.1) is 7.85 Å². The van der Waals surface area contributed by atoms with Crippen molar-refractivity contribution in [1.82, 2.24) is 0 Å². The molecule has 0 aliphatic heterocycles. The minimum Gasteiger partial charge on any atom is -0.0927 e. The van der Waals surface area contributed by atoms with E-state index in [0.29, 0.717) is 0 Å². The Hall–Kier alpha value is 1.09. The zero-order valence-electron chi connectivity index (χ0n) is 2.69. The number of hydrogen-bond donors (Lipinski definition) is 0. The molecule has 0 amide bonds. The van der Waals surface area contributed by atoms with Crippen LogP contribution in [0.15, 0.2) is 0 Å². The molecule has 29 valence electrons. The van der Waals surface area contributed by atoms with Gasteiger partial charge in [0.1, 0.15) is 0 Å². The third kappa shape index (κ3) is 11.4. The van der Waals surface area contributed by atoms with Crippen LogP contribution in [-0.4, -0.2) is 7.85 Å². The molecular weight excluding hydrogens is 138 g/mol. The van der Waals surface area contributed by atoms with Crippen LogP contribution in [0.4, 0.5) is 0 Å². The van der Waals surface area contributed by atoms with Gasteiger partial charge in [-0.1, -0.05) is 6.82 Å². The van der Waals surface area contributed by atoms with Crippen LogP contribution >= 0.6 is 0 Å². The predicted octanol–water partition coefficient (Wildman–Crippen LogP) is -0.337. The first-order chi connectivity index (χ1) is 1.00. The van der Waals surface area contributed by atoms with Gasteiger partial charge in [0.2, 0.25) is 0 Å². The topological polar surface area (TPSA) is 0 Å². The molecule has 0 N–H and O–H groups in total. The van der Waals surface area contributed by atoms with Crippen molar-refractivity contribution in [3.8, 4) is 0 Å². The summed E-state index contributed by atoms with van der Waals surface area (Å²) < 4.78 is 0. The van der Waals surface area contributed by atoms with Crippen LogP contribution in [0.1, 0.15) is 0 Å². The standard InChI is InChI=1S/CH5B.Co.Fe/c1-2;;/h2H2,1H3;;. The van der Waals surface area contributed by atoms with E-state index in [9.17, 15) is 0 Å². The average molecular weight is 143 g/mol. The second kappa shape index (κ2) is 32.8. The normalized spacial score (nSPS) is 1.25. The summed E-state index contributed by atoms with van der Waals surface area (Å²) >= 11 is 0. The first-order valence-corrected chi connectivity index (χ1v) is 1.00. The Morgan fingerprint density at radius 1 is 1.25 bits per heavy atom. The van der Waals surface area contributed by atoms with Crippen LogP contribution in [0.25, 0.3) is 0 Å². The van der Waals surface area contributed by atoms with Crippen molar-refractivity contribution in [1.29, 1.82) is 0 Å². The molecule has 0 aromatic rings. The Balaban J connectivity index is -0.00000000500. The first kappa shape index (κ1) is 19.5. The molecular formula is CH5BCoFe. The van der Waals surface area contributed by atoms with Crippen LogP contribution in [0.3, 0.4) is 0 Å². The molecule has 0 atom stereocenters. The van der Waals surface area contributed by atoms with Crippen molar-refractivity contribution in [2.45, 2.75) is 6.82 Å². The Morgan fingerprint density at radius 3 is 1.25 bits per heavy atom. The van der Waals surface area contributed by atoms with Crippen LogP contribution in [0, 0.1) is 0 Å². The van der Waals surface area contributed by atoms with E-state index in [-0.39, 0.29) is 33.8 Å². The fourth-order valence-electron chi connectivity index (χ4n) is 0. The zero-order valence-corrected chi connectivity index (χ0v) is 4.83. The largest absolute Gasteiger partial charge is 0.0973 e. The summed E-state index contributed by atoms with van der Waals surface area (Å²) in [5, 5.41) is 0. The molecule has 0 heterocycles. The summed E-state index contributed by atoms with van der Waals surface area (Å²) in [6, 6.07) is 0. The van der Waals surface area contributed by atoms with Crippen molar-refractivity contribution >= 4 is 7.85 Å². The quantitative estimate of drug-likeness (QED) is 0.406. The minimum absolute atomic E-state index is 0. The molecule has 0 aliphatic carbocycles. The van der Waals surface area contributed by atoms with Crippen molar-refractivity contribution in [2.24, 2.45) is 0 Å². The van der Waals surface area contributed by atoms with Crippen molar-refractivity contribution < 1.29 is 33.8 Å². The van der Waals surface area contributed by atoms with E-state index < -0.39 is 0 Å². The fourth-order valence-corrected chi connectivity index (χ4v) is 0. The van der Waals surface area contributed by atoms with Gasteiger partial charge >= 0.3 is 0 Å². The summed E-state index contributed by atoms with van der Waals surface area (Å²) in [7, 11) is 2.00. The Kier molecular flexibility index (Phi) is 160. The summed E-state index contributed by atoms with van der Waals surface area (Å²) in [5.74, 6) is 0. The third-order valence-corrected chi connectivity index (χ3v) is 0. The molecule has 0 unspecified atom stereocenters. The van der Waals surface area contributed by atoms with Crippen LogP contribution in [0.5, 0.6) is 0 Å². The first-order valence-electron chi connectivity index (χ1n) is 1.00. The molecule has 0 fully saturated rings. The molecule has 0 spiro atoms. The maximum absolute atomic E-state index is 2.00. The Bertz CT molecular complexity index is 8.00. The van der Waals surface area contributed by atoms with Crippen LogP contribution in [0.2, 0.25) is 6.82 Å². The molecule has 0 rings (SSSR count). The van der Waals surface area contributed by atoms with Gasteiger partial charge in [0.25, 0.3) is 0 Å². The maximum atomic E-state index is 2.00. The van der Waals surface area contributed by atoms with E-state index in [4.69, 9.17) is 0 Å². The summed E-state index contributed by atoms with van der Waals surface area (Å²) in [6.07, 6.45) is 0. The molecule has 0 nitrogen and oxygen atoms in total. The molecule has 0 aromatic carbocycles. The van der Waals surface area contributed by atoms with E-state index in [1.807, 2.05) is 14.7 Å². The second-order valence-electron chi connectivity index (χ2n) is 0. The van der Waals surface area contributed by atoms with Crippen molar-refractivity contribution in [3.63, 3.8) is 0 Å². The minimum atomic E-state index is 0. The van der Waals surface area contributed by atoms with Crippen molar-refractivity contribution in [3.05, 3.63) is 0 Å². The van der Waals surface area contributed by atoms with Crippen molar-refractivity contribution in [2.75, 3.05) is 0 Å². The Morgan fingerprint density at radius 2 is 1.25 bits per heavy atom. The Labute approximate surface area is 48.8 Å². The van der Waals surface area contributed by atoms with Gasteiger partial charge in [-0.2, -0.15) is 0 Å². The molecule has 4 heavy (non-hydrogen) atoms. The van der Waals surface area contributed by atoms with E-state index in [2.05, 4.69) is 0 Å². The smallest absolute Gasteiger partial charge is 0.0927 e. The monoisotopic (exact) mass is 143 g/mol. The van der Waals surface area contributed by atoms with Crippen LogP contribution in [-0.2, 0) is 33.8 Å².